The second-order valence-corrected chi connectivity index (χ2v) is 16.4. The van der Waals surface area contributed by atoms with Gasteiger partial charge in [-0.3, -0.25) is 19.2 Å². The predicted molar refractivity (Wildman–Crippen MR) is 217 cm³/mol. The van der Waals surface area contributed by atoms with Crippen molar-refractivity contribution in [2.75, 3.05) is 53.2 Å². The zero-order valence-electron chi connectivity index (χ0n) is 35.9. The van der Waals surface area contributed by atoms with Crippen LogP contribution in [-0.4, -0.2) is 207 Å². The molecule has 21 heteroatoms. The van der Waals surface area contributed by atoms with Gasteiger partial charge >= 0.3 is 0 Å². The van der Waals surface area contributed by atoms with E-state index in [1.54, 1.807) is 12.0 Å². The van der Waals surface area contributed by atoms with Crippen LogP contribution in [-0.2, 0) is 42.9 Å². The predicted octanol–water partition coefficient (Wildman–Crippen LogP) is -2.75. The molecule has 0 aromatic heterocycles. The summed E-state index contributed by atoms with van der Waals surface area (Å²) in [4.78, 5) is 53.2. The molecule has 0 aromatic rings. The molecule has 3 heterocycles. The van der Waals surface area contributed by atoms with Gasteiger partial charge in [-0.1, -0.05) is 12.8 Å². The van der Waals surface area contributed by atoms with Crippen LogP contribution in [0, 0.1) is 0 Å². The van der Waals surface area contributed by atoms with Crippen molar-refractivity contribution in [2.45, 2.75) is 182 Å². The van der Waals surface area contributed by atoms with Gasteiger partial charge in [-0.05, 0) is 64.2 Å². The highest BCUT2D eigenvalue weighted by Gasteiger charge is 2.45. The van der Waals surface area contributed by atoms with Crippen molar-refractivity contribution in [2.24, 2.45) is 0 Å². The van der Waals surface area contributed by atoms with Crippen molar-refractivity contribution < 1.29 is 88.8 Å². The smallest absolute Gasteiger partial charge is 0.222 e. The molecule has 3 fully saturated rings. The van der Waals surface area contributed by atoms with Crippen molar-refractivity contribution in [1.82, 2.24) is 15.5 Å². The van der Waals surface area contributed by atoms with Crippen LogP contribution in [0.25, 0.3) is 0 Å². The average molecular weight is 896 g/mol. The highest BCUT2D eigenvalue weighted by molar-refractivity contribution is 5.89. The van der Waals surface area contributed by atoms with Gasteiger partial charge in [-0.25, -0.2) is 0 Å². The molecule has 13 atom stereocenters. The minimum Gasteiger partial charge on any atom is -0.394 e. The van der Waals surface area contributed by atoms with Crippen LogP contribution in [0.15, 0.2) is 0 Å². The molecule has 11 N–H and O–H groups in total. The van der Waals surface area contributed by atoms with Crippen LogP contribution < -0.4 is 10.6 Å². The lowest BCUT2D eigenvalue weighted by Gasteiger charge is -2.39. The number of methoxy groups -OCH3 is 1. The minimum absolute atomic E-state index is 0.0289. The summed E-state index contributed by atoms with van der Waals surface area (Å²) in [6.45, 7) is -0.294. The van der Waals surface area contributed by atoms with Crippen LogP contribution >= 0.6 is 0 Å². The van der Waals surface area contributed by atoms with E-state index in [2.05, 4.69) is 10.6 Å². The molecule has 0 spiro atoms. The number of carbonyl (C=O) groups excluding carboxylic acids is 4. The highest BCUT2D eigenvalue weighted by Crippen LogP contribution is 2.24. The van der Waals surface area contributed by atoms with Crippen molar-refractivity contribution in [1.29, 1.82) is 0 Å². The minimum atomic E-state index is -1.56. The molecule has 3 saturated heterocycles. The van der Waals surface area contributed by atoms with E-state index in [1.165, 1.54) is 0 Å². The lowest BCUT2D eigenvalue weighted by Crippen LogP contribution is -2.59. The SMILES string of the molecule is CO[C@@H]1C[C@@H](CO)N(C(=O)CCCCCCC(=O)C(CCCCNC(=O)CCCCOC2OC(CO)C(O)C(O)C2O)NC(=O)CCCCOC2OC(CO)C(O)C(O)C2O)C1. The van der Waals surface area contributed by atoms with Crippen molar-refractivity contribution in [3.05, 3.63) is 0 Å². The fourth-order valence-electron chi connectivity index (χ4n) is 7.72. The molecule has 0 saturated carbocycles. The number of ether oxygens (including phenoxy) is 5. The van der Waals surface area contributed by atoms with Gasteiger partial charge in [0.15, 0.2) is 18.4 Å². The van der Waals surface area contributed by atoms with Gasteiger partial charge in [0, 0.05) is 59.1 Å². The monoisotopic (exact) mass is 895 g/mol. The number of aliphatic hydroxyl groups is 9. The molecule has 360 valence electrons. The molecule has 21 nitrogen and oxygen atoms in total. The van der Waals surface area contributed by atoms with E-state index in [0.29, 0.717) is 90.1 Å². The van der Waals surface area contributed by atoms with Gasteiger partial charge in [-0.15, -0.1) is 0 Å². The van der Waals surface area contributed by atoms with Gasteiger partial charge in [0.2, 0.25) is 17.7 Å². The third-order valence-electron chi connectivity index (χ3n) is 11.6. The molecule has 11 unspecified atom stereocenters. The number of aliphatic hydroxyl groups excluding tert-OH is 9. The fourth-order valence-corrected chi connectivity index (χ4v) is 7.72. The van der Waals surface area contributed by atoms with E-state index in [-0.39, 0.29) is 74.7 Å². The van der Waals surface area contributed by atoms with Crippen molar-refractivity contribution in [3.63, 3.8) is 0 Å². The Morgan fingerprint density at radius 1 is 0.629 bits per heavy atom. The Bertz CT molecular complexity index is 1310. The number of hydrogen-bond donors (Lipinski definition) is 11. The second kappa shape index (κ2) is 29.1. The van der Waals surface area contributed by atoms with Gasteiger partial charge in [-0.2, -0.15) is 0 Å². The molecule has 3 rings (SSSR count). The number of rotatable bonds is 30. The Hall–Kier alpha value is -2.48. The zero-order chi connectivity index (χ0) is 45.6. The second-order valence-electron chi connectivity index (χ2n) is 16.4. The van der Waals surface area contributed by atoms with Crippen LogP contribution in [0.2, 0.25) is 0 Å². The van der Waals surface area contributed by atoms with Gasteiger partial charge in [0.25, 0.3) is 0 Å². The fraction of sp³-hybridized carbons (Fsp3) is 0.902. The van der Waals surface area contributed by atoms with Crippen molar-refractivity contribution >= 4 is 23.5 Å². The Balaban J connectivity index is 1.37. The number of unbranched alkanes of at least 4 members (excludes halogenated alkanes) is 6. The maximum atomic E-state index is 13.4. The lowest BCUT2D eigenvalue weighted by atomic mass is 9.99. The summed E-state index contributed by atoms with van der Waals surface area (Å²) in [5, 5.41) is 93.9. The van der Waals surface area contributed by atoms with Crippen LogP contribution in [0.4, 0.5) is 0 Å². The Morgan fingerprint density at radius 2 is 1.16 bits per heavy atom. The third-order valence-corrected chi connectivity index (χ3v) is 11.6. The summed E-state index contributed by atoms with van der Waals surface area (Å²) < 4.78 is 26.9. The molecule has 0 radical (unpaired) electrons. The van der Waals surface area contributed by atoms with Crippen molar-refractivity contribution in [3.8, 4) is 0 Å². The first-order valence-corrected chi connectivity index (χ1v) is 22.1. The third kappa shape index (κ3) is 17.5. The summed E-state index contributed by atoms with van der Waals surface area (Å²) in [5.41, 5.74) is 0. The summed E-state index contributed by atoms with van der Waals surface area (Å²) in [6, 6.07) is -0.986. The van der Waals surface area contributed by atoms with E-state index < -0.39 is 80.7 Å². The maximum Gasteiger partial charge on any atom is 0.222 e. The standard InChI is InChI=1S/C41H73N3O18/c1-58-26-20-25(22-45)44(21-26)33(51)16-5-3-2-4-13-28(48)27(43-32(50)15-8-11-19-60-41-39(57)37(55)35(53)30(24-47)62-41)12-6-9-17-42-31(49)14-7-10-18-59-40-38(56)36(54)34(52)29(23-46)61-40/h25-27,29-30,34-41,45-47,52-57H,2-24H2,1H3,(H,42,49)(H,43,50)/t25-,26+,27?,29?,30?,34?,35?,36?,37?,38?,39?,40?,41?/m0/s1. The van der Waals surface area contributed by atoms with E-state index in [1.807, 2.05) is 0 Å². The van der Waals surface area contributed by atoms with E-state index in [9.17, 15) is 65.1 Å². The first-order valence-electron chi connectivity index (χ1n) is 22.1. The molecule has 0 bridgehead atoms. The molecule has 0 aromatic carbocycles. The number of ketones is 1. The molecule has 3 aliphatic rings. The quantitative estimate of drug-likeness (QED) is 0.0326. The normalized spacial score (nSPS) is 30.6. The molecule has 62 heavy (non-hydrogen) atoms. The first kappa shape index (κ1) is 53.9. The van der Waals surface area contributed by atoms with Crippen LogP contribution in [0.3, 0.4) is 0 Å². The highest BCUT2D eigenvalue weighted by atomic mass is 16.7. The number of likely N-dealkylation sites (tertiary alicyclic amines) is 1. The first-order chi connectivity index (χ1) is 29.8. The Kier molecular flexibility index (Phi) is 25.3. The van der Waals surface area contributed by atoms with Crippen LogP contribution in [0.1, 0.15) is 103 Å². The molecule has 3 amide bonds. The van der Waals surface area contributed by atoms with E-state index in [4.69, 9.17) is 23.7 Å². The van der Waals surface area contributed by atoms with E-state index in [0.717, 1.165) is 6.42 Å². The number of nitrogens with one attached hydrogen (secondary N) is 2. The summed E-state index contributed by atoms with van der Waals surface area (Å²) in [5.74, 6) is -0.677. The van der Waals surface area contributed by atoms with Gasteiger partial charge in [0.05, 0.1) is 38.0 Å². The van der Waals surface area contributed by atoms with Gasteiger partial charge in [0.1, 0.15) is 48.8 Å². The van der Waals surface area contributed by atoms with Gasteiger partial charge < -0.3 is 85.2 Å². The molecule has 0 aliphatic carbocycles. The Labute approximate surface area is 363 Å². The van der Waals surface area contributed by atoms with Crippen LogP contribution in [0.5, 0.6) is 0 Å². The number of amides is 3. The number of carbonyl (C=O) groups is 4. The summed E-state index contributed by atoms with van der Waals surface area (Å²) >= 11 is 0. The summed E-state index contributed by atoms with van der Waals surface area (Å²) in [7, 11) is 1.59. The number of Topliss-reactive ketones (excluding diaryl/α,β-unsaturated/α-hetero) is 1. The number of hydrogen-bond acceptors (Lipinski definition) is 18. The lowest BCUT2D eigenvalue weighted by molar-refractivity contribution is -0.301. The molecular weight excluding hydrogens is 822 g/mol. The maximum absolute atomic E-state index is 13.4. The summed E-state index contributed by atoms with van der Waals surface area (Å²) in [6.07, 6.45) is -6.68. The van der Waals surface area contributed by atoms with E-state index >= 15 is 0 Å². The topological polar surface area (TPSA) is 324 Å². The number of nitrogens with zero attached hydrogens (tertiary/aromatic N) is 1. The average Bonchev–Trinajstić information content (AvgIpc) is 3.70. The molecular formula is C41H73N3O18. The Morgan fingerprint density at radius 3 is 1.69 bits per heavy atom. The zero-order valence-corrected chi connectivity index (χ0v) is 35.9. The molecule has 3 aliphatic heterocycles. The largest absolute Gasteiger partial charge is 0.394 e.